The van der Waals surface area contributed by atoms with Gasteiger partial charge < -0.3 is 10.4 Å². The Bertz CT molecular complexity index is 1440. The van der Waals surface area contributed by atoms with Crippen LogP contribution in [0.1, 0.15) is 32.8 Å². The predicted molar refractivity (Wildman–Crippen MR) is 156 cm³/mol. The van der Waals surface area contributed by atoms with Crippen LogP contribution >= 0.6 is 11.3 Å². The zero-order valence-corrected chi connectivity index (χ0v) is 23.5. The number of carbonyl (C=O) groups is 2. The van der Waals surface area contributed by atoms with E-state index in [1.54, 1.807) is 0 Å². The maximum absolute atomic E-state index is 12.8. The fraction of sp³-hybridized carbons (Fsp3) is 0.290. The van der Waals surface area contributed by atoms with E-state index >= 15 is 0 Å². The molecule has 2 N–H and O–H groups in total. The minimum Gasteiger partial charge on any atom is -0.475 e. The van der Waals surface area contributed by atoms with Crippen molar-refractivity contribution in [2.24, 2.45) is 0 Å². The van der Waals surface area contributed by atoms with Gasteiger partial charge in [0.2, 0.25) is 0 Å². The monoisotopic (exact) mass is 583 g/mol. The van der Waals surface area contributed by atoms with E-state index < -0.39 is 12.1 Å². The molecular weight excluding hydrogens is 551 g/mol. The van der Waals surface area contributed by atoms with Gasteiger partial charge in [-0.2, -0.15) is 13.2 Å². The van der Waals surface area contributed by atoms with Gasteiger partial charge in [-0.25, -0.2) is 4.79 Å². The van der Waals surface area contributed by atoms with Crippen LogP contribution in [-0.4, -0.2) is 59.1 Å². The number of hydrogen-bond acceptors (Lipinski definition) is 5. The summed E-state index contributed by atoms with van der Waals surface area (Å²) >= 11 is 1.54. The van der Waals surface area contributed by atoms with Crippen LogP contribution in [0, 0.1) is 6.92 Å². The van der Waals surface area contributed by atoms with Gasteiger partial charge in [-0.15, -0.1) is 11.3 Å². The molecule has 0 bridgehead atoms. The Morgan fingerprint density at radius 1 is 0.854 bits per heavy atom. The fourth-order valence-corrected chi connectivity index (χ4v) is 5.54. The largest absolute Gasteiger partial charge is 0.490 e. The maximum atomic E-state index is 12.8. The molecule has 0 spiro atoms. The number of rotatable bonds is 6. The molecule has 41 heavy (non-hydrogen) atoms. The molecule has 1 aliphatic heterocycles. The summed E-state index contributed by atoms with van der Waals surface area (Å²) in [5.41, 5.74) is 4.80. The van der Waals surface area contributed by atoms with Crippen LogP contribution in [0.4, 0.5) is 18.9 Å². The number of benzene rings is 3. The fourth-order valence-electron chi connectivity index (χ4n) is 4.58. The lowest BCUT2D eigenvalue weighted by Gasteiger charge is -2.22. The van der Waals surface area contributed by atoms with E-state index in [-0.39, 0.29) is 5.91 Å². The van der Waals surface area contributed by atoms with E-state index in [9.17, 15) is 18.0 Å². The number of fused-ring (bicyclic) bond motifs is 1. The predicted octanol–water partition coefficient (Wildman–Crippen LogP) is 6.80. The average molecular weight is 584 g/mol. The van der Waals surface area contributed by atoms with Crippen molar-refractivity contribution in [3.8, 4) is 0 Å². The Labute approximate surface area is 241 Å². The van der Waals surface area contributed by atoms with E-state index in [2.05, 4.69) is 64.5 Å². The zero-order valence-electron chi connectivity index (χ0n) is 22.7. The second kappa shape index (κ2) is 13.8. The number of alkyl halides is 3. The van der Waals surface area contributed by atoms with Crippen molar-refractivity contribution >= 4 is 39.0 Å². The molecule has 10 heteroatoms. The molecule has 0 unspecified atom stereocenters. The van der Waals surface area contributed by atoms with E-state index in [1.165, 1.54) is 34.4 Å². The van der Waals surface area contributed by atoms with Crippen LogP contribution in [-0.2, 0) is 17.9 Å². The Kier molecular flexibility index (Phi) is 10.1. The number of nitrogens with one attached hydrogen (secondary N) is 1. The van der Waals surface area contributed by atoms with Crippen molar-refractivity contribution in [1.82, 2.24) is 9.80 Å². The zero-order chi connectivity index (χ0) is 29.4. The molecule has 1 aliphatic rings. The lowest BCUT2D eigenvalue weighted by molar-refractivity contribution is -0.192. The summed E-state index contributed by atoms with van der Waals surface area (Å²) in [5.74, 6) is -2.80. The summed E-state index contributed by atoms with van der Waals surface area (Å²) in [6.45, 7) is 8.44. The number of aliphatic carboxylic acids is 1. The number of aryl methyl sites for hydroxylation is 1. The number of carboxylic acid groups (broad SMARTS) is 1. The highest BCUT2D eigenvalue weighted by molar-refractivity contribution is 7.20. The number of anilines is 1. The first-order chi connectivity index (χ1) is 19.6. The summed E-state index contributed by atoms with van der Waals surface area (Å²) in [6, 6.07) is 27.3. The van der Waals surface area contributed by atoms with Crippen molar-refractivity contribution in [1.29, 1.82) is 0 Å². The van der Waals surface area contributed by atoms with Crippen molar-refractivity contribution < 1.29 is 27.9 Å². The molecule has 1 amide bonds. The van der Waals surface area contributed by atoms with E-state index in [1.807, 2.05) is 36.4 Å². The molecule has 1 fully saturated rings. The van der Waals surface area contributed by atoms with Crippen LogP contribution in [0.3, 0.4) is 0 Å². The minimum atomic E-state index is -5.08. The lowest BCUT2D eigenvalue weighted by atomic mass is 10.1. The Morgan fingerprint density at radius 2 is 1.49 bits per heavy atom. The summed E-state index contributed by atoms with van der Waals surface area (Å²) in [4.78, 5) is 27.5. The second-order valence-electron chi connectivity index (χ2n) is 10.00. The van der Waals surface area contributed by atoms with Crippen LogP contribution < -0.4 is 5.32 Å². The van der Waals surface area contributed by atoms with Gasteiger partial charge in [-0.05, 0) is 67.2 Å². The van der Waals surface area contributed by atoms with Gasteiger partial charge in [-0.1, -0.05) is 60.2 Å². The summed E-state index contributed by atoms with van der Waals surface area (Å²) < 4.78 is 32.9. The third kappa shape index (κ3) is 9.14. The van der Waals surface area contributed by atoms with Gasteiger partial charge in [0.25, 0.3) is 5.91 Å². The highest BCUT2D eigenvalue weighted by Crippen LogP contribution is 2.26. The number of nitrogens with zero attached hydrogens (tertiary/aromatic N) is 2. The molecule has 6 nitrogen and oxygen atoms in total. The third-order valence-electron chi connectivity index (χ3n) is 6.69. The van der Waals surface area contributed by atoms with Crippen molar-refractivity contribution in [2.75, 3.05) is 31.5 Å². The Balaban J connectivity index is 0.000000493. The summed E-state index contributed by atoms with van der Waals surface area (Å²) in [7, 11) is 0. The lowest BCUT2D eigenvalue weighted by Crippen LogP contribution is -2.30. The van der Waals surface area contributed by atoms with Gasteiger partial charge in [-0.3, -0.25) is 14.6 Å². The number of amides is 1. The normalized spacial score (nSPS) is 14.6. The van der Waals surface area contributed by atoms with E-state index in [4.69, 9.17) is 9.90 Å². The first-order valence-electron chi connectivity index (χ1n) is 13.3. The van der Waals surface area contributed by atoms with Crippen LogP contribution in [0.15, 0.2) is 78.9 Å². The molecule has 4 aromatic rings. The highest BCUT2D eigenvalue weighted by Gasteiger charge is 2.38. The van der Waals surface area contributed by atoms with Gasteiger partial charge in [0.1, 0.15) is 0 Å². The molecule has 1 aromatic heterocycles. The van der Waals surface area contributed by atoms with Crippen LogP contribution in [0.5, 0.6) is 0 Å². The molecule has 3 aromatic carbocycles. The standard InChI is InChI=1S/C29H31N3OS.C2HF3O2/c1-22-10-12-23(13-11-22)20-31-14-5-15-32(17-16-31)21-24-6-4-8-26(18-24)30-29(33)28-19-25-7-2-3-9-27(25)34-28;3-2(4,5)1(6)7/h2-4,6-13,18-19H,5,14-17,20-21H2,1H3,(H,30,33);(H,6,7). The van der Waals surface area contributed by atoms with E-state index in [0.717, 1.165) is 59.9 Å². The van der Waals surface area contributed by atoms with Gasteiger partial charge >= 0.3 is 12.1 Å². The molecule has 0 saturated carbocycles. The van der Waals surface area contributed by atoms with Crippen molar-refractivity contribution in [3.05, 3.63) is 100 Å². The van der Waals surface area contributed by atoms with Gasteiger partial charge in [0.15, 0.2) is 0 Å². The maximum Gasteiger partial charge on any atom is 0.490 e. The number of hydrogen-bond donors (Lipinski definition) is 2. The quantitative estimate of drug-likeness (QED) is 0.261. The van der Waals surface area contributed by atoms with Crippen molar-refractivity contribution in [3.63, 3.8) is 0 Å². The molecule has 5 rings (SSSR count). The van der Waals surface area contributed by atoms with Crippen LogP contribution in [0.25, 0.3) is 10.1 Å². The minimum absolute atomic E-state index is 0.0418. The molecule has 0 atom stereocenters. The Hall–Kier alpha value is -3.73. The van der Waals surface area contributed by atoms with E-state index in [0.29, 0.717) is 0 Å². The summed E-state index contributed by atoms with van der Waals surface area (Å²) in [5, 5.41) is 11.3. The van der Waals surface area contributed by atoms with Crippen molar-refractivity contribution in [2.45, 2.75) is 32.6 Å². The molecule has 2 heterocycles. The average Bonchev–Trinajstić information content (AvgIpc) is 3.26. The SMILES string of the molecule is Cc1ccc(CN2CCCN(Cc3cccc(NC(=O)c4cc5ccccc5s4)c3)CC2)cc1.O=C(O)C(F)(F)F. The van der Waals surface area contributed by atoms with Crippen LogP contribution in [0.2, 0.25) is 0 Å². The second-order valence-corrected chi connectivity index (χ2v) is 11.1. The van der Waals surface area contributed by atoms with Gasteiger partial charge in [0, 0.05) is 36.6 Å². The Morgan fingerprint density at radius 3 is 2.12 bits per heavy atom. The molecular formula is C31H32F3N3O3S. The number of thiophene rings is 1. The van der Waals surface area contributed by atoms with Gasteiger partial charge in [0.05, 0.1) is 4.88 Å². The molecule has 1 saturated heterocycles. The number of halogens is 3. The number of carboxylic acids is 1. The molecule has 0 radical (unpaired) electrons. The number of carbonyl (C=O) groups excluding carboxylic acids is 1. The first kappa shape index (κ1) is 30.2. The highest BCUT2D eigenvalue weighted by atomic mass is 32.1. The topological polar surface area (TPSA) is 72.9 Å². The smallest absolute Gasteiger partial charge is 0.475 e. The molecule has 0 aliphatic carbocycles. The molecule has 216 valence electrons. The third-order valence-corrected chi connectivity index (χ3v) is 7.81. The first-order valence-corrected chi connectivity index (χ1v) is 14.1. The summed E-state index contributed by atoms with van der Waals surface area (Å²) in [6.07, 6.45) is -3.91.